The average molecular weight is 365 g/mol. The Bertz CT molecular complexity index is 815. The number of nitrogens with one attached hydrogen (secondary N) is 2. The molecular formula is C16H19N3O5S. The maximum Gasteiger partial charge on any atom is 0.330 e. The van der Waals surface area contributed by atoms with Crippen LogP contribution >= 0.6 is 0 Å². The van der Waals surface area contributed by atoms with Gasteiger partial charge in [0.15, 0.2) is 6.61 Å². The fourth-order valence-corrected chi connectivity index (χ4v) is 3.23. The van der Waals surface area contributed by atoms with Gasteiger partial charge in [0.2, 0.25) is 0 Å². The topological polar surface area (TPSA) is 114 Å². The molecule has 25 heavy (non-hydrogen) atoms. The van der Waals surface area contributed by atoms with E-state index in [0.29, 0.717) is 18.8 Å². The first-order valence-electron chi connectivity index (χ1n) is 7.66. The van der Waals surface area contributed by atoms with Gasteiger partial charge in [-0.1, -0.05) is 12.1 Å². The standard InChI is InChI=1S/C16H19N3O5S/c1-2-5-16(21)24-11-15(20)18-12-6-3-7-13(10-12)25(22,23)19-14-8-4-9-17-14/h2-3,5-7,10H,4,8-9,11H2,1H3,(H,17,19)(H,18,20)/b5-2+. The van der Waals surface area contributed by atoms with Gasteiger partial charge in [-0.25, -0.2) is 13.2 Å². The third-order valence-electron chi connectivity index (χ3n) is 3.20. The molecule has 1 heterocycles. The van der Waals surface area contributed by atoms with E-state index in [-0.39, 0.29) is 10.6 Å². The van der Waals surface area contributed by atoms with E-state index in [1.165, 1.54) is 36.4 Å². The van der Waals surface area contributed by atoms with Crippen LogP contribution in [0.1, 0.15) is 19.8 Å². The summed E-state index contributed by atoms with van der Waals surface area (Å²) in [5.41, 5.74) is 0.281. The Morgan fingerprint density at radius 3 is 2.84 bits per heavy atom. The SMILES string of the molecule is C/C=C/C(=O)OCC(=O)Nc1cccc(S(=O)(=O)NC2=NCCC2)c1. The lowest BCUT2D eigenvalue weighted by atomic mass is 10.3. The van der Waals surface area contributed by atoms with Gasteiger partial charge in [0.25, 0.3) is 15.9 Å². The van der Waals surface area contributed by atoms with Crippen molar-refractivity contribution in [1.29, 1.82) is 0 Å². The van der Waals surface area contributed by atoms with Crippen molar-refractivity contribution in [3.8, 4) is 0 Å². The van der Waals surface area contributed by atoms with Gasteiger partial charge in [-0.15, -0.1) is 0 Å². The van der Waals surface area contributed by atoms with Gasteiger partial charge in [-0.05, 0) is 31.5 Å². The Labute approximate surface area is 146 Å². The van der Waals surface area contributed by atoms with Crippen molar-refractivity contribution in [2.24, 2.45) is 4.99 Å². The van der Waals surface area contributed by atoms with E-state index in [4.69, 9.17) is 4.74 Å². The van der Waals surface area contributed by atoms with Crippen molar-refractivity contribution in [3.05, 3.63) is 36.4 Å². The highest BCUT2D eigenvalue weighted by Gasteiger charge is 2.18. The first kappa shape index (κ1) is 18.7. The molecule has 0 aromatic heterocycles. The minimum absolute atomic E-state index is 0.00538. The molecule has 0 atom stereocenters. The number of amidine groups is 1. The number of nitrogens with zero attached hydrogens (tertiary/aromatic N) is 1. The summed E-state index contributed by atoms with van der Waals surface area (Å²) in [5.74, 6) is -0.763. The Kier molecular flexibility index (Phi) is 6.29. The van der Waals surface area contributed by atoms with Crippen LogP contribution in [0.5, 0.6) is 0 Å². The zero-order valence-electron chi connectivity index (χ0n) is 13.7. The van der Waals surface area contributed by atoms with Crippen molar-refractivity contribution in [1.82, 2.24) is 4.72 Å². The van der Waals surface area contributed by atoms with Crippen molar-refractivity contribution in [2.75, 3.05) is 18.5 Å². The monoisotopic (exact) mass is 365 g/mol. The number of hydrogen-bond donors (Lipinski definition) is 2. The maximum atomic E-state index is 12.3. The molecule has 1 aliphatic rings. The van der Waals surface area contributed by atoms with Gasteiger partial charge in [0.1, 0.15) is 5.84 Å². The summed E-state index contributed by atoms with van der Waals surface area (Å²) in [4.78, 5) is 27.0. The fourth-order valence-electron chi connectivity index (χ4n) is 2.10. The summed E-state index contributed by atoms with van der Waals surface area (Å²) in [5, 5.41) is 2.48. The second kappa shape index (κ2) is 8.43. The van der Waals surface area contributed by atoms with Crippen molar-refractivity contribution < 1.29 is 22.7 Å². The molecule has 1 aromatic rings. The average Bonchev–Trinajstić information content (AvgIpc) is 3.06. The van der Waals surface area contributed by atoms with Gasteiger partial charge in [0.05, 0.1) is 4.90 Å². The van der Waals surface area contributed by atoms with E-state index in [1.807, 2.05) is 0 Å². The van der Waals surface area contributed by atoms with Gasteiger partial charge in [0, 0.05) is 24.7 Å². The number of carbonyl (C=O) groups is 2. The van der Waals surface area contributed by atoms with Gasteiger partial charge < -0.3 is 10.1 Å². The summed E-state index contributed by atoms with van der Waals surface area (Å²) in [7, 11) is -3.76. The first-order chi connectivity index (χ1) is 11.9. The van der Waals surface area contributed by atoms with Crippen molar-refractivity contribution in [2.45, 2.75) is 24.7 Å². The lowest BCUT2D eigenvalue weighted by molar-refractivity contribution is -0.142. The Morgan fingerprint density at radius 1 is 1.36 bits per heavy atom. The molecule has 0 radical (unpaired) electrons. The van der Waals surface area contributed by atoms with Crippen LogP contribution in [0.15, 0.2) is 46.3 Å². The molecule has 1 aromatic carbocycles. The summed E-state index contributed by atoms with van der Waals surface area (Å²) in [6, 6.07) is 5.79. The van der Waals surface area contributed by atoms with Crippen LogP contribution in [0, 0.1) is 0 Å². The molecule has 0 bridgehead atoms. The third-order valence-corrected chi connectivity index (χ3v) is 4.58. The van der Waals surface area contributed by atoms with Gasteiger partial charge >= 0.3 is 5.97 Å². The van der Waals surface area contributed by atoms with E-state index in [0.717, 1.165) is 6.42 Å². The zero-order valence-corrected chi connectivity index (χ0v) is 14.5. The van der Waals surface area contributed by atoms with Crippen LogP contribution in [-0.4, -0.2) is 39.3 Å². The lowest BCUT2D eigenvalue weighted by Crippen LogP contribution is -2.29. The fraction of sp³-hybridized carbons (Fsp3) is 0.312. The normalized spacial score (nSPS) is 14.2. The molecule has 0 unspecified atom stereocenters. The number of ether oxygens (including phenoxy) is 1. The smallest absolute Gasteiger partial charge is 0.330 e. The number of carbonyl (C=O) groups excluding carboxylic acids is 2. The molecule has 0 spiro atoms. The summed E-state index contributed by atoms with van der Waals surface area (Å²) in [6.07, 6.45) is 4.10. The van der Waals surface area contributed by atoms with Gasteiger partial charge in [-0.3, -0.25) is 14.5 Å². The largest absolute Gasteiger partial charge is 0.452 e. The molecule has 0 saturated heterocycles. The number of sulfonamides is 1. The molecule has 2 rings (SSSR count). The van der Waals surface area contributed by atoms with E-state index < -0.39 is 28.5 Å². The highest BCUT2D eigenvalue weighted by Crippen LogP contribution is 2.16. The van der Waals surface area contributed by atoms with E-state index in [1.54, 1.807) is 6.92 Å². The maximum absolute atomic E-state index is 12.3. The second-order valence-electron chi connectivity index (χ2n) is 5.22. The number of allylic oxidation sites excluding steroid dienone is 1. The number of aliphatic imine (C=N–C) groups is 1. The zero-order chi connectivity index (χ0) is 18.3. The Hall–Kier alpha value is -2.68. The predicted octanol–water partition coefficient (Wildman–Crippen LogP) is 1.22. The third kappa shape index (κ3) is 5.71. The molecule has 9 heteroatoms. The molecule has 2 N–H and O–H groups in total. The Balaban J connectivity index is 2.00. The number of amides is 1. The first-order valence-corrected chi connectivity index (χ1v) is 9.14. The number of rotatable bonds is 6. The summed E-state index contributed by atoms with van der Waals surface area (Å²) >= 11 is 0. The van der Waals surface area contributed by atoms with E-state index in [2.05, 4.69) is 15.0 Å². The number of anilines is 1. The molecular weight excluding hydrogens is 346 g/mol. The van der Waals surface area contributed by atoms with Gasteiger partial charge in [-0.2, -0.15) is 0 Å². The number of benzene rings is 1. The Morgan fingerprint density at radius 2 is 2.16 bits per heavy atom. The summed E-state index contributed by atoms with van der Waals surface area (Å²) < 4.78 is 31.8. The molecule has 1 aliphatic heterocycles. The van der Waals surface area contributed by atoms with Crippen molar-refractivity contribution in [3.63, 3.8) is 0 Å². The summed E-state index contributed by atoms with van der Waals surface area (Å²) in [6.45, 7) is 1.80. The number of esters is 1. The molecule has 0 fully saturated rings. The highest BCUT2D eigenvalue weighted by molar-refractivity contribution is 7.90. The van der Waals surface area contributed by atoms with Crippen LogP contribution in [0.25, 0.3) is 0 Å². The molecule has 134 valence electrons. The molecule has 1 amide bonds. The minimum Gasteiger partial charge on any atom is -0.452 e. The van der Waals surface area contributed by atoms with Crippen LogP contribution in [0.4, 0.5) is 5.69 Å². The van der Waals surface area contributed by atoms with E-state index >= 15 is 0 Å². The lowest BCUT2D eigenvalue weighted by Gasteiger charge is -2.10. The van der Waals surface area contributed by atoms with Crippen molar-refractivity contribution >= 4 is 33.4 Å². The van der Waals surface area contributed by atoms with Crippen LogP contribution < -0.4 is 10.0 Å². The molecule has 8 nitrogen and oxygen atoms in total. The number of hydrogen-bond acceptors (Lipinski definition) is 6. The van der Waals surface area contributed by atoms with Crippen LogP contribution in [0.2, 0.25) is 0 Å². The minimum atomic E-state index is -3.76. The predicted molar refractivity (Wildman–Crippen MR) is 92.7 cm³/mol. The quantitative estimate of drug-likeness (QED) is 0.581. The van der Waals surface area contributed by atoms with Crippen LogP contribution in [0.3, 0.4) is 0 Å². The van der Waals surface area contributed by atoms with E-state index in [9.17, 15) is 18.0 Å². The second-order valence-corrected chi connectivity index (χ2v) is 6.90. The highest BCUT2D eigenvalue weighted by atomic mass is 32.2. The molecule has 0 saturated carbocycles. The molecule has 0 aliphatic carbocycles. The van der Waals surface area contributed by atoms with Crippen LogP contribution in [-0.2, 0) is 24.3 Å².